The fourth-order valence-corrected chi connectivity index (χ4v) is 3.00. The molecule has 0 N–H and O–H groups in total. The fraction of sp³-hybridized carbons (Fsp3) is 0.846. The zero-order valence-electron chi connectivity index (χ0n) is 10.1. The lowest BCUT2D eigenvalue weighted by Gasteiger charge is -2.43. The quantitative estimate of drug-likeness (QED) is 0.620. The molecular weight excluding hydrogens is 172 g/mol. The lowest BCUT2D eigenvalue weighted by Crippen LogP contribution is -2.35. The minimum Gasteiger partial charge on any atom is -0.499 e. The Bertz CT molecular complexity index is 205. The lowest BCUT2D eigenvalue weighted by molar-refractivity contribution is 0.0529. The molecule has 14 heavy (non-hydrogen) atoms. The molecule has 0 aromatic carbocycles. The summed E-state index contributed by atoms with van der Waals surface area (Å²) in [6, 6.07) is 0. The summed E-state index contributed by atoms with van der Waals surface area (Å²) in [4.78, 5) is 0. The first-order chi connectivity index (χ1) is 6.49. The molecule has 0 aliphatic heterocycles. The molecule has 1 heteroatoms. The molecule has 0 heterocycles. The third-order valence-electron chi connectivity index (χ3n) is 3.57. The first-order valence-electron chi connectivity index (χ1n) is 5.80. The van der Waals surface area contributed by atoms with Crippen molar-refractivity contribution in [2.45, 2.75) is 47.0 Å². The van der Waals surface area contributed by atoms with Gasteiger partial charge in [0, 0.05) is 5.92 Å². The van der Waals surface area contributed by atoms with Crippen LogP contribution < -0.4 is 0 Å². The highest BCUT2D eigenvalue weighted by Gasteiger charge is 2.39. The van der Waals surface area contributed by atoms with Crippen LogP contribution in [0, 0.1) is 17.3 Å². The van der Waals surface area contributed by atoms with Crippen molar-refractivity contribution >= 4 is 0 Å². The molecule has 0 aromatic rings. The largest absolute Gasteiger partial charge is 0.499 e. The second kappa shape index (κ2) is 4.37. The van der Waals surface area contributed by atoms with Crippen LogP contribution in [0.5, 0.6) is 0 Å². The fourth-order valence-electron chi connectivity index (χ4n) is 3.00. The van der Waals surface area contributed by atoms with Crippen molar-refractivity contribution in [3.05, 3.63) is 12.3 Å². The van der Waals surface area contributed by atoms with Crippen molar-refractivity contribution < 1.29 is 4.74 Å². The topological polar surface area (TPSA) is 9.23 Å². The smallest absolute Gasteiger partial charge is 0.0926 e. The molecule has 1 aliphatic rings. The van der Waals surface area contributed by atoms with Gasteiger partial charge in [0.15, 0.2) is 0 Å². The van der Waals surface area contributed by atoms with Crippen LogP contribution in [-0.2, 0) is 4.74 Å². The van der Waals surface area contributed by atoms with Crippen LogP contribution in [-0.4, -0.2) is 6.61 Å². The van der Waals surface area contributed by atoms with E-state index in [1.54, 1.807) is 0 Å². The highest BCUT2D eigenvalue weighted by atomic mass is 16.5. The van der Waals surface area contributed by atoms with Gasteiger partial charge < -0.3 is 4.74 Å². The molecule has 0 bridgehead atoms. The Kier molecular flexibility index (Phi) is 3.63. The molecule has 0 amide bonds. The molecule has 0 unspecified atom stereocenters. The van der Waals surface area contributed by atoms with E-state index in [1.807, 2.05) is 6.92 Å². The zero-order chi connectivity index (χ0) is 10.8. The summed E-state index contributed by atoms with van der Waals surface area (Å²) in [6.07, 6.45) is 3.97. The minimum absolute atomic E-state index is 0.365. The molecule has 2 atom stereocenters. The summed E-state index contributed by atoms with van der Waals surface area (Å²) in [6.45, 7) is 13.9. The molecule has 0 spiro atoms. The number of hydrogen-bond donors (Lipinski definition) is 0. The lowest BCUT2D eigenvalue weighted by atomic mass is 9.63. The Balaban J connectivity index is 2.74. The third kappa shape index (κ3) is 2.31. The summed E-state index contributed by atoms with van der Waals surface area (Å²) in [5.41, 5.74) is 0.365. The maximum absolute atomic E-state index is 5.59. The molecular formula is C13H24O. The van der Waals surface area contributed by atoms with Crippen LogP contribution in [0.25, 0.3) is 0 Å². The monoisotopic (exact) mass is 196 g/mol. The van der Waals surface area contributed by atoms with Crippen molar-refractivity contribution in [2.75, 3.05) is 6.61 Å². The van der Waals surface area contributed by atoms with Gasteiger partial charge in [0.25, 0.3) is 0 Å². The number of rotatable bonds is 3. The third-order valence-corrected chi connectivity index (χ3v) is 3.57. The van der Waals surface area contributed by atoms with E-state index >= 15 is 0 Å². The minimum atomic E-state index is 0.365. The van der Waals surface area contributed by atoms with E-state index in [-0.39, 0.29) is 0 Å². The summed E-state index contributed by atoms with van der Waals surface area (Å²) < 4.78 is 5.59. The molecule has 1 nitrogen and oxygen atoms in total. The molecule has 1 fully saturated rings. The van der Waals surface area contributed by atoms with Crippen LogP contribution in [0.15, 0.2) is 12.3 Å². The average Bonchev–Trinajstić information content (AvgIpc) is 2.02. The number of ether oxygens (including phenoxy) is 1. The summed E-state index contributed by atoms with van der Waals surface area (Å²) >= 11 is 0. The molecule has 0 aromatic heterocycles. The highest BCUT2D eigenvalue weighted by molar-refractivity contribution is 5.02. The van der Waals surface area contributed by atoms with Gasteiger partial charge >= 0.3 is 0 Å². The number of allylic oxidation sites excluding steroid dienone is 1. The van der Waals surface area contributed by atoms with Crippen molar-refractivity contribution in [1.82, 2.24) is 0 Å². The highest BCUT2D eigenvalue weighted by Crippen LogP contribution is 2.47. The molecule has 0 saturated heterocycles. The predicted molar refractivity (Wildman–Crippen MR) is 61.1 cm³/mol. The van der Waals surface area contributed by atoms with E-state index in [2.05, 4.69) is 27.4 Å². The van der Waals surface area contributed by atoms with E-state index in [0.717, 1.165) is 18.3 Å². The van der Waals surface area contributed by atoms with Gasteiger partial charge in [-0.15, -0.1) is 0 Å². The Morgan fingerprint density at radius 1 is 1.50 bits per heavy atom. The standard InChI is InChI=1S/C13H24O/c1-6-14-11(3)12-10(2)8-7-9-13(12,4)5/h10,12H,3,6-9H2,1-2,4-5H3/t10-,12+/m0/s1. The van der Waals surface area contributed by atoms with Crippen molar-refractivity contribution in [1.29, 1.82) is 0 Å². The Hall–Kier alpha value is -0.460. The van der Waals surface area contributed by atoms with Crippen molar-refractivity contribution in [3.8, 4) is 0 Å². The van der Waals surface area contributed by atoms with Gasteiger partial charge in [0.1, 0.15) is 0 Å². The van der Waals surface area contributed by atoms with Gasteiger partial charge in [-0.1, -0.05) is 33.8 Å². The van der Waals surface area contributed by atoms with Crippen LogP contribution in [0.1, 0.15) is 47.0 Å². The van der Waals surface area contributed by atoms with Gasteiger partial charge in [-0.25, -0.2) is 0 Å². The Labute approximate surface area is 88.5 Å². The average molecular weight is 196 g/mol. The van der Waals surface area contributed by atoms with E-state index in [0.29, 0.717) is 11.3 Å². The van der Waals surface area contributed by atoms with Gasteiger partial charge in [-0.2, -0.15) is 0 Å². The summed E-state index contributed by atoms with van der Waals surface area (Å²) in [5.74, 6) is 2.26. The van der Waals surface area contributed by atoms with Gasteiger partial charge in [-0.3, -0.25) is 0 Å². The predicted octanol–water partition coefficient (Wildman–Crippen LogP) is 4.00. The molecule has 1 saturated carbocycles. The van der Waals surface area contributed by atoms with Crippen LogP contribution in [0.2, 0.25) is 0 Å². The normalized spacial score (nSPS) is 31.1. The van der Waals surface area contributed by atoms with E-state index < -0.39 is 0 Å². The van der Waals surface area contributed by atoms with Gasteiger partial charge in [0.2, 0.25) is 0 Å². The molecule has 1 rings (SSSR count). The Morgan fingerprint density at radius 2 is 2.14 bits per heavy atom. The van der Waals surface area contributed by atoms with Crippen molar-refractivity contribution in [2.24, 2.45) is 17.3 Å². The van der Waals surface area contributed by atoms with Gasteiger partial charge in [-0.05, 0) is 31.1 Å². The SMILES string of the molecule is C=C(OCC)[C@H]1[C@@H](C)CCCC1(C)C. The van der Waals surface area contributed by atoms with E-state index in [1.165, 1.54) is 19.3 Å². The van der Waals surface area contributed by atoms with Gasteiger partial charge in [0.05, 0.1) is 12.4 Å². The van der Waals surface area contributed by atoms with Crippen LogP contribution in [0.4, 0.5) is 0 Å². The first kappa shape index (κ1) is 11.6. The summed E-state index contributed by atoms with van der Waals surface area (Å²) in [5, 5.41) is 0. The number of hydrogen-bond acceptors (Lipinski definition) is 1. The second-order valence-corrected chi connectivity index (χ2v) is 5.24. The van der Waals surface area contributed by atoms with E-state index in [9.17, 15) is 0 Å². The van der Waals surface area contributed by atoms with E-state index in [4.69, 9.17) is 4.74 Å². The molecule has 1 aliphatic carbocycles. The van der Waals surface area contributed by atoms with Crippen molar-refractivity contribution in [3.63, 3.8) is 0 Å². The summed E-state index contributed by atoms with van der Waals surface area (Å²) in [7, 11) is 0. The Morgan fingerprint density at radius 3 is 2.64 bits per heavy atom. The molecule has 82 valence electrons. The maximum Gasteiger partial charge on any atom is 0.0926 e. The zero-order valence-corrected chi connectivity index (χ0v) is 10.1. The maximum atomic E-state index is 5.59. The molecule has 0 radical (unpaired) electrons. The van der Waals surface area contributed by atoms with Crippen LogP contribution in [0.3, 0.4) is 0 Å². The second-order valence-electron chi connectivity index (χ2n) is 5.24. The van der Waals surface area contributed by atoms with Crippen LogP contribution >= 0.6 is 0 Å². The first-order valence-corrected chi connectivity index (χ1v) is 5.80.